The molecule has 0 spiro atoms. The van der Waals surface area contributed by atoms with Gasteiger partial charge in [-0.2, -0.15) is 39.5 Å². The van der Waals surface area contributed by atoms with E-state index in [1.807, 2.05) is 26.8 Å². The molecule has 7 nitrogen and oxygen atoms in total. The van der Waals surface area contributed by atoms with Crippen molar-refractivity contribution in [2.75, 3.05) is 23.3 Å². The SMILES string of the molecule is CCCN(CCC)c1cc(C(F)(F)F)cc(C(F)(F)F)c1.Cc1cc(OC2CCC(Nc3ccc([N+](=O)[O-])c(C(F)(F)F)c3)CC2)ccn1. The first-order chi connectivity index (χ1) is 22.8. The van der Waals surface area contributed by atoms with Crippen molar-refractivity contribution in [3.8, 4) is 5.75 Å². The van der Waals surface area contributed by atoms with E-state index in [2.05, 4.69) is 10.3 Å². The standard InChI is InChI=1S/C19H20F3N3O3.C14H17F6N/c1-12-10-16(8-9-23-12)28-15-5-2-13(3-6-15)24-14-4-7-18(25(26)27)17(11-14)19(20,21)22;1-3-5-21(6-4-2)12-8-10(13(15,16)17)7-11(9-12)14(18,19)20/h4,7-11,13,15,24H,2-3,5-6H2,1H3;7-9H,3-6H2,1-2H3. The number of hydrogen-bond donors (Lipinski definition) is 1. The van der Waals surface area contributed by atoms with E-state index >= 15 is 0 Å². The number of halogens is 9. The summed E-state index contributed by atoms with van der Waals surface area (Å²) in [6, 6.07) is 8.37. The van der Waals surface area contributed by atoms with Crippen LogP contribution < -0.4 is 15.0 Å². The summed E-state index contributed by atoms with van der Waals surface area (Å²) in [5.41, 5.74) is -3.68. The van der Waals surface area contributed by atoms with E-state index in [0.717, 1.165) is 61.4 Å². The van der Waals surface area contributed by atoms with Crippen LogP contribution in [0.15, 0.2) is 54.7 Å². The van der Waals surface area contributed by atoms with Crippen LogP contribution in [0.5, 0.6) is 5.75 Å². The van der Waals surface area contributed by atoms with Crippen LogP contribution in [0.3, 0.4) is 0 Å². The second-order valence-corrected chi connectivity index (χ2v) is 11.6. The quantitative estimate of drug-likeness (QED) is 0.128. The minimum atomic E-state index is -4.81. The summed E-state index contributed by atoms with van der Waals surface area (Å²) in [6.45, 7) is 6.34. The lowest BCUT2D eigenvalue weighted by molar-refractivity contribution is -0.388. The van der Waals surface area contributed by atoms with Gasteiger partial charge in [-0.05, 0) is 81.8 Å². The third-order valence-electron chi connectivity index (χ3n) is 7.64. The van der Waals surface area contributed by atoms with Gasteiger partial charge in [-0.3, -0.25) is 15.1 Å². The molecule has 2 aromatic carbocycles. The molecular formula is C33H37F9N4O3. The molecule has 1 N–H and O–H groups in total. The van der Waals surface area contributed by atoms with Gasteiger partial charge in [-0.25, -0.2) is 0 Å². The molecule has 3 aromatic rings. The molecule has 0 aliphatic heterocycles. The van der Waals surface area contributed by atoms with Crippen LogP contribution >= 0.6 is 0 Å². The highest BCUT2D eigenvalue weighted by molar-refractivity contribution is 5.56. The number of hydrogen-bond acceptors (Lipinski definition) is 6. The Labute approximate surface area is 277 Å². The molecule has 270 valence electrons. The number of aryl methyl sites for hydroxylation is 1. The van der Waals surface area contributed by atoms with Crippen molar-refractivity contribution >= 4 is 17.1 Å². The van der Waals surface area contributed by atoms with Crippen molar-refractivity contribution < 1.29 is 49.2 Å². The number of rotatable bonds is 10. The van der Waals surface area contributed by atoms with E-state index in [4.69, 9.17) is 4.74 Å². The zero-order valence-corrected chi connectivity index (χ0v) is 27.0. The van der Waals surface area contributed by atoms with Gasteiger partial charge in [0.1, 0.15) is 11.3 Å². The molecule has 1 aliphatic rings. The second-order valence-electron chi connectivity index (χ2n) is 11.6. The van der Waals surface area contributed by atoms with Gasteiger partial charge in [0.05, 0.1) is 22.2 Å². The van der Waals surface area contributed by atoms with E-state index in [-0.39, 0.29) is 29.6 Å². The van der Waals surface area contributed by atoms with Crippen LogP contribution in [0.2, 0.25) is 0 Å². The fraction of sp³-hybridized carbons (Fsp3) is 0.485. The van der Waals surface area contributed by atoms with Gasteiger partial charge < -0.3 is 15.0 Å². The monoisotopic (exact) mass is 708 g/mol. The van der Waals surface area contributed by atoms with E-state index < -0.39 is 45.8 Å². The smallest absolute Gasteiger partial charge is 0.423 e. The molecule has 16 heteroatoms. The molecular weight excluding hydrogens is 671 g/mol. The number of pyridine rings is 1. The predicted molar refractivity (Wildman–Crippen MR) is 167 cm³/mol. The average Bonchev–Trinajstić information content (AvgIpc) is 3.01. The van der Waals surface area contributed by atoms with Crippen molar-refractivity contribution in [2.24, 2.45) is 0 Å². The van der Waals surface area contributed by atoms with Gasteiger partial charge in [0.2, 0.25) is 0 Å². The van der Waals surface area contributed by atoms with E-state index in [1.165, 1.54) is 6.07 Å². The van der Waals surface area contributed by atoms with Gasteiger partial charge in [0.25, 0.3) is 5.69 Å². The zero-order valence-electron chi connectivity index (χ0n) is 27.0. The molecule has 4 rings (SSSR count). The fourth-order valence-electron chi connectivity index (χ4n) is 5.39. The van der Waals surface area contributed by atoms with Crippen LogP contribution in [0.25, 0.3) is 0 Å². The summed E-state index contributed by atoms with van der Waals surface area (Å²) >= 11 is 0. The molecule has 1 fully saturated rings. The topological polar surface area (TPSA) is 80.5 Å². The Kier molecular flexibility index (Phi) is 13.2. The summed E-state index contributed by atoms with van der Waals surface area (Å²) in [5.74, 6) is 0.758. The van der Waals surface area contributed by atoms with E-state index in [0.29, 0.717) is 25.9 Å². The van der Waals surface area contributed by atoms with Crippen LogP contribution in [-0.4, -0.2) is 35.1 Å². The Bertz CT molecular complexity index is 1500. The predicted octanol–water partition coefficient (Wildman–Crippen LogP) is 10.5. The molecule has 0 atom stereocenters. The Morgan fingerprint density at radius 1 is 0.837 bits per heavy atom. The fourth-order valence-corrected chi connectivity index (χ4v) is 5.39. The van der Waals surface area contributed by atoms with Gasteiger partial charge in [0, 0.05) is 54.5 Å². The largest absolute Gasteiger partial charge is 0.490 e. The van der Waals surface area contributed by atoms with Crippen molar-refractivity contribution in [3.05, 3.63) is 87.2 Å². The number of alkyl halides is 9. The van der Waals surface area contributed by atoms with E-state index in [9.17, 15) is 49.6 Å². The van der Waals surface area contributed by atoms with Gasteiger partial charge in [0.15, 0.2) is 0 Å². The lowest BCUT2D eigenvalue weighted by Crippen LogP contribution is -2.31. The Hall–Kier alpha value is -4.24. The summed E-state index contributed by atoms with van der Waals surface area (Å²) in [4.78, 5) is 15.5. The first kappa shape index (κ1) is 39.2. The number of nitro groups is 1. The average molecular weight is 709 g/mol. The maximum Gasteiger partial charge on any atom is 0.423 e. The molecule has 1 heterocycles. The van der Waals surface area contributed by atoms with Crippen molar-refractivity contribution in [1.82, 2.24) is 4.98 Å². The van der Waals surface area contributed by atoms with Crippen LogP contribution in [-0.2, 0) is 18.5 Å². The molecule has 49 heavy (non-hydrogen) atoms. The highest BCUT2D eigenvalue weighted by atomic mass is 19.4. The van der Waals surface area contributed by atoms with Crippen molar-refractivity contribution in [1.29, 1.82) is 0 Å². The summed E-state index contributed by atoms with van der Waals surface area (Å²) < 4.78 is 122. The lowest BCUT2D eigenvalue weighted by atomic mass is 9.92. The number of nitro benzene ring substituents is 1. The van der Waals surface area contributed by atoms with Gasteiger partial charge in [-0.1, -0.05) is 13.8 Å². The molecule has 1 aliphatic carbocycles. The third kappa shape index (κ3) is 11.7. The van der Waals surface area contributed by atoms with Crippen molar-refractivity contribution in [2.45, 2.75) is 90.0 Å². The number of anilines is 2. The molecule has 1 aromatic heterocycles. The highest BCUT2D eigenvalue weighted by Gasteiger charge is 2.39. The first-order valence-electron chi connectivity index (χ1n) is 15.6. The summed E-state index contributed by atoms with van der Waals surface area (Å²) in [5, 5.41) is 13.9. The molecule has 0 unspecified atom stereocenters. The number of nitrogens with one attached hydrogen (secondary N) is 1. The minimum Gasteiger partial charge on any atom is -0.490 e. The number of ether oxygens (including phenoxy) is 1. The maximum absolute atomic E-state index is 13.1. The third-order valence-corrected chi connectivity index (χ3v) is 7.64. The molecule has 1 saturated carbocycles. The van der Waals surface area contributed by atoms with Crippen molar-refractivity contribution in [3.63, 3.8) is 0 Å². The summed E-state index contributed by atoms with van der Waals surface area (Å²) in [7, 11) is 0. The Morgan fingerprint density at radius 3 is 1.88 bits per heavy atom. The minimum absolute atomic E-state index is 0.0124. The van der Waals surface area contributed by atoms with E-state index in [1.54, 1.807) is 17.2 Å². The summed E-state index contributed by atoms with van der Waals surface area (Å²) in [6.07, 6.45) is -8.41. The number of nitrogens with zero attached hydrogens (tertiary/aromatic N) is 3. The first-order valence-corrected chi connectivity index (χ1v) is 15.6. The number of benzene rings is 2. The number of aromatic nitrogens is 1. The molecule has 0 radical (unpaired) electrons. The Morgan fingerprint density at radius 2 is 1.41 bits per heavy atom. The molecule has 0 amide bonds. The van der Waals surface area contributed by atoms with Crippen LogP contribution in [0.1, 0.15) is 74.8 Å². The Balaban J connectivity index is 0.000000278. The lowest BCUT2D eigenvalue weighted by Gasteiger charge is -2.30. The second kappa shape index (κ2) is 16.4. The highest BCUT2D eigenvalue weighted by Crippen LogP contribution is 2.40. The van der Waals surface area contributed by atoms with Gasteiger partial charge >= 0.3 is 18.5 Å². The van der Waals surface area contributed by atoms with Gasteiger partial charge in [-0.15, -0.1) is 0 Å². The molecule has 0 saturated heterocycles. The maximum atomic E-state index is 13.1. The van der Waals surface area contributed by atoms with Crippen LogP contribution in [0, 0.1) is 17.0 Å². The van der Waals surface area contributed by atoms with Crippen LogP contribution in [0.4, 0.5) is 56.6 Å². The zero-order chi connectivity index (χ0) is 36.6. The normalized spacial score (nSPS) is 16.7. The molecule has 0 bridgehead atoms.